The fourth-order valence-corrected chi connectivity index (χ4v) is 2.22. The Morgan fingerprint density at radius 3 is 2.57 bits per heavy atom. The van der Waals surface area contributed by atoms with Crippen molar-refractivity contribution in [3.8, 4) is 5.75 Å². The second kappa shape index (κ2) is 6.90. The van der Waals surface area contributed by atoms with E-state index in [4.69, 9.17) is 10.5 Å². The number of ether oxygens (including phenoxy) is 1. The molecule has 0 spiro atoms. The van der Waals surface area contributed by atoms with Crippen LogP contribution in [-0.2, 0) is 11.3 Å². The third-order valence-electron chi connectivity index (χ3n) is 3.40. The summed E-state index contributed by atoms with van der Waals surface area (Å²) in [5.41, 5.74) is 8.47. The Hall–Kier alpha value is -2.33. The van der Waals surface area contributed by atoms with Gasteiger partial charge in [0.1, 0.15) is 11.8 Å². The highest BCUT2D eigenvalue weighted by Crippen LogP contribution is 2.20. The number of nitrogens with two attached hydrogens (primary N) is 1. The molecule has 0 fully saturated rings. The predicted molar refractivity (Wildman–Crippen MR) is 82.9 cm³/mol. The van der Waals surface area contributed by atoms with Crippen molar-refractivity contribution in [3.63, 3.8) is 0 Å². The van der Waals surface area contributed by atoms with E-state index in [1.165, 1.54) is 0 Å². The van der Waals surface area contributed by atoms with Gasteiger partial charge in [0, 0.05) is 6.54 Å². The highest BCUT2D eigenvalue weighted by atomic mass is 16.5. The molecule has 110 valence electrons. The molecule has 0 aromatic heterocycles. The van der Waals surface area contributed by atoms with Crippen molar-refractivity contribution in [2.45, 2.75) is 19.5 Å². The van der Waals surface area contributed by atoms with E-state index in [9.17, 15) is 4.79 Å². The number of methoxy groups -OCH3 is 1. The number of benzene rings is 2. The number of carbonyl (C=O) groups excluding carboxylic acids is 1. The number of primary amides is 1. The Kier molecular flexibility index (Phi) is 4.95. The van der Waals surface area contributed by atoms with Crippen LogP contribution in [0, 0.1) is 6.92 Å². The van der Waals surface area contributed by atoms with Crippen molar-refractivity contribution in [1.29, 1.82) is 0 Å². The predicted octanol–water partition coefficient (Wildman–Crippen LogP) is 2.32. The molecule has 0 radical (unpaired) electrons. The van der Waals surface area contributed by atoms with Gasteiger partial charge in [-0.05, 0) is 29.7 Å². The molecule has 0 bridgehead atoms. The van der Waals surface area contributed by atoms with Gasteiger partial charge in [0.15, 0.2) is 0 Å². The first-order valence-electron chi connectivity index (χ1n) is 6.83. The largest absolute Gasteiger partial charge is 0.496 e. The summed E-state index contributed by atoms with van der Waals surface area (Å²) in [5.74, 6) is 0.449. The van der Waals surface area contributed by atoms with Crippen LogP contribution in [0.3, 0.4) is 0 Å². The first-order chi connectivity index (χ1) is 10.1. The Morgan fingerprint density at radius 1 is 1.24 bits per heavy atom. The van der Waals surface area contributed by atoms with Crippen LogP contribution in [0.2, 0.25) is 0 Å². The van der Waals surface area contributed by atoms with E-state index in [-0.39, 0.29) is 5.91 Å². The van der Waals surface area contributed by atoms with Crippen molar-refractivity contribution in [1.82, 2.24) is 5.32 Å². The molecule has 0 aliphatic rings. The number of hydrogen-bond acceptors (Lipinski definition) is 3. The molecule has 0 heterocycles. The lowest BCUT2D eigenvalue weighted by atomic mass is 10.1. The summed E-state index contributed by atoms with van der Waals surface area (Å²) in [6.07, 6.45) is 0. The molecular formula is C17H20N2O2. The van der Waals surface area contributed by atoms with Gasteiger partial charge in [-0.1, -0.05) is 42.5 Å². The van der Waals surface area contributed by atoms with Crippen LogP contribution in [-0.4, -0.2) is 13.0 Å². The minimum atomic E-state index is -0.501. The second-order valence-electron chi connectivity index (χ2n) is 4.93. The average Bonchev–Trinajstić information content (AvgIpc) is 2.49. The number of carbonyl (C=O) groups is 1. The number of hydrogen-bond donors (Lipinski definition) is 2. The van der Waals surface area contributed by atoms with Crippen LogP contribution in [0.4, 0.5) is 0 Å². The fourth-order valence-electron chi connectivity index (χ4n) is 2.22. The van der Waals surface area contributed by atoms with E-state index >= 15 is 0 Å². The Morgan fingerprint density at radius 2 is 1.95 bits per heavy atom. The standard InChI is InChI=1S/C17H20N2O2/c1-12-8-9-13(10-15(12)21-2)11-19-16(17(18)20)14-6-4-3-5-7-14/h3-10,16,19H,11H2,1-2H3,(H2,18,20)/t16-/m0/s1. The van der Waals surface area contributed by atoms with E-state index in [1.54, 1.807) is 7.11 Å². The van der Waals surface area contributed by atoms with Gasteiger partial charge in [0.2, 0.25) is 5.91 Å². The van der Waals surface area contributed by atoms with Gasteiger partial charge >= 0.3 is 0 Å². The third-order valence-corrected chi connectivity index (χ3v) is 3.40. The maximum atomic E-state index is 11.6. The van der Waals surface area contributed by atoms with Crippen molar-refractivity contribution < 1.29 is 9.53 Å². The fraction of sp³-hybridized carbons (Fsp3) is 0.235. The molecule has 0 unspecified atom stereocenters. The van der Waals surface area contributed by atoms with E-state index in [2.05, 4.69) is 5.32 Å². The van der Waals surface area contributed by atoms with Gasteiger partial charge in [0.25, 0.3) is 0 Å². The zero-order valence-corrected chi connectivity index (χ0v) is 12.3. The average molecular weight is 284 g/mol. The first-order valence-corrected chi connectivity index (χ1v) is 6.83. The van der Waals surface area contributed by atoms with Gasteiger partial charge in [-0.25, -0.2) is 0 Å². The van der Waals surface area contributed by atoms with Gasteiger partial charge in [-0.3, -0.25) is 10.1 Å². The normalized spacial score (nSPS) is 11.9. The van der Waals surface area contributed by atoms with Crippen molar-refractivity contribution in [3.05, 3.63) is 65.2 Å². The lowest BCUT2D eigenvalue weighted by Gasteiger charge is -2.16. The molecule has 2 aromatic carbocycles. The van der Waals surface area contributed by atoms with Gasteiger partial charge in [0.05, 0.1) is 7.11 Å². The van der Waals surface area contributed by atoms with Crippen LogP contribution in [0.1, 0.15) is 22.7 Å². The molecule has 2 rings (SSSR count). The minimum absolute atomic E-state index is 0.389. The summed E-state index contributed by atoms with van der Waals surface area (Å²) in [4.78, 5) is 11.6. The zero-order valence-electron chi connectivity index (χ0n) is 12.3. The molecule has 0 saturated carbocycles. The maximum absolute atomic E-state index is 11.6. The van der Waals surface area contributed by atoms with Crippen molar-refractivity contribution in [2.75, 3.05) is 7.11 Å². The highest BCUT2D eigenvalue weighted by molar-refractivity contribution is 5.81. The Balaban J connectivity index is 2.11. The zero-order chi connectivity index (χ0) is 15.2. The third kappa shape index (κ3) is 3.83. The van der Waals surface area contributed by atoms with Gasteiger partial charge in [-0.2, -0.15) is 0 Å². The van der Waals surface area contributed by atoms with Gasteiger partial charge in [-0.15, -0.1) is 0 Å². The quantitative estimate of drug-likeness (QED) is 0.855. The SMILES string of the molecule is COc1cc(CN[C@H](C(N)=O)c2ccccc2)ccc1C. The molecule has 1 amide bonds. The van der Waals surface area contributed by atoms with E-state index in [0.29, 0.717) is 6.54 Å². The van der Waals surface area contributed by atoms with Crippen molar-refractivity contribution >= 4 is 5.91 Å². The topological polar surface area (TPSA) is 64.3 Å². The smallest absolute Gasteiger partial charge is 0.239 e. The van der Waals surface area contributed by atoms with E-state index < -0.39 is 6.04 Å². The van der Waals surface area contributed by atoms with Crippen LogP contribution >= 0.6 is 0 Å². The highest BCUT2D eigenvalue weighted by Gasteiger charge is 2.16. The molecular weight excluding hydrogens is 264 g/mol. The maximum Gasteiger partial charge on any atom is 0.239 e. The van der Waals surface area contributed by atoms with Crippen molar-refractivity contribution in [2.24, 2.45) is 5.73 Å². The van der Waals surface area contributed by atoms with Crippen LogP contribution in [0.5, 0.6) is 5.75 Å². The molecule has 4 nitrogen and oxygen atoms in total. The molecule has 0 saturated heterocycles. The second-order valence-corrected chi connectivity index (χ2v) is 4.93. The number of rotatable bonds is 6. The summed E-state index contributed by atoms with van der Waals surface area (Å²) >= 11 is 0. The monoisotopic (exact) mass is 284 g/mol. The first kappa shape index (κ1) is 15.1. The van der Waals surface area contributed by atoms with E-state index in [0.717, 1.165) is 22.4 Å². The summed E-state index contributed by atoms with van der Waals surface area (Å²) in [6.45, 7) is 2.53. The van der Waals surface area contributed by atoms with Crippen LogP contribution in [0.25, 0.3) is 0 Å². The molecule has 0 aliphatic carbocycles. The van der Waals surface area contributed by atoms with Gasteiger partial charge < -0.3 is 10.5 Å². The molecule has 4 heteroatoms. The number of amides is 1. The Labute approximate surface area is 124 Å². The summed E-state index contributed by atoms with van der Waals surface area (Å²) in [5, 5.41) is 3.19. The number of nitrogens with one attached hydrogen (secondary N) is 1. The summed E-state index contributed by atoms with van der Waals surface area (Å²) in [7, 11) is 1.65. The lowest BCUT2D eigenvalue weighted by Crippen LogP contribution is -2.33. The molecule has 2 aromatic rings. The van der Waals surface area contributed by atoms with Crippen LogP contribution in [0.15, 0.2) is 48.5 Å². The lowest BCUT2D eigenvalue weighted by molar-refractivity contribution is -0.120. The Bertz CT molecular complexity index is 611. The molecule has 0 aliphatic heterocycles. The summed E-state index contributed by atoms with van der Waals surface area (Å²) in [6, 6.07) is 14.9. The minimum Gasteiger partial charge on any atom is -0.496 e. The van der Waals surface area contributed by atoms with E-state index in [1.807, 2.05) is 55.5 Å². The molecule has 3 N–H and O–H groups in total. The molecule has 21 heavy (non-hydrogen) atoms. The van der Waals surface area contributed by atoms with Crippen LogP contribution < -0.4 is 15.8 Å². The number of aryl methyl sites for hydroxylation is 1. The molecule has 1 atom stereocenters. The summed E-state index contributed by atoms with van der Waals surface area (Å²) < 4.78 is 5.31.